The quantitative estimate of drug-likeness (QED) is 0.297. The topological polar surface area (TPSA) is 103 Å². The van der Waals surface area contributed by atoms with E-state index in [9.17, 15) is 10.1 Å². The highest BCUT2D eigenvalue weighted by Gasteiger charge is 2.44. The molecule has 23 heavy (non-hydrogen) atoms. The first-order valence-electron chi connectivity index (χ1n) is 7.58. The molecule has 0 unspecified atom stereocenters. The summed E-state index contributed by atoms with van der Waals surface area (Å²) in [6, 6.07) is 3.20. The third kappa shape index (κ3) is 5.04. The van der Waals surface area contributed by atoms with Crippen LogP contribution in [-0.4, -0.2) is 36.0 Å². The monoisotopic (exact) mass is 338 g/mol. The number of nitro groups is 1. The van der Waals surface area contributed by atoms with Gasteiger partial charge >= 0.3 is 11.6 Å². The van der Waals surface area contributed by atoms with E-state index in [0.29, 0.717) is 6.61 Å². The van der Waals surface area contributed by atoms with Crippen LogP contribution < -0.4 is 4.74 Å². The van der Waals surface area contributed by atoms with E-state index in [1.807, 2.05) is 0 Å². The molecule has 0 atom stereocenters. The predicted octanol–water partition coefficient (Wildman–Crippen LogP) is 2.79. The third-order valence-electron chi connectivity index (χ3n) is 3.70. The molecule has 1 aliphatic rings. The van der Waals surface area contributed by atoms with Crippen molar-refractivity contribution < 1.29 is 14.4 Å². The first kappa shape index (κ1) is 17.4. The van der Waals surface area contributed by atoms with Gasteiger partial charge in [0.05, 0.1) is 16.4 Å². The highest BCUT2D eigenvalue weighted by atomic mass is 28.3. The van der Waals surface area contributed by atoms with Gasteiger partial charge in [-0.15, -0.1) is 5.10 Å². The van der Waals surface area contributed by atoms with Crippen LogP contribution in [0, 0.1) is 26.9 Å². The van der Waals surface area contributed by atoms with E-state index in [1.165, 1.54) is 10.9 Å². The molecule has 0 radical (unpaired) electrons. The summed E-state index contributed by atoms with van der Waals surface area (Å²) >= 11 is 0. The molecule has 0 aromatic carbocycles. The second kappa shape index (κ2) is 6.68. The Morgan fingerprint density at radius 3 is 2.74 bits per heavy atom. The minimum Gasteiger partial charge on any atom is -0.470 e. The molecule has 0 aliphatic heterocycles. The summed E-state index contributed by atoms with van der Waals surface area (Å²) < 4.78 is 12.3. The Kier molecular flexibility index (Phi) is 5.06. The van der Waals surface area contributed by atoms with Crippen molar-refractivity contribution in [3.63, 3.8) is 0 Å². The van der Waals surface area contributed by atoms with Crippen molar-refractivity contribution in [3.8, 4) is 11.9 Å². The molecule has 1 aromatic rings. The van der Waals surface area contributed by atoms with E-state index in [-0.39, 0.29) is 24.9 Å². The smallest absolute Gasteiger partial charge is 0.350 e. The first-order valence-corrected chi connectivity index (χ1v) is 11.3. The molecule has 0 saturated heterocycles. The third-order valence-corrected chi connectivity index (χ3v) is 5.41. The van der Waals surface area contributed by atoms with Crippen LogP contribution in [0.25, 0.3) is 0 Å². The molecule has 1 saturated carbocycles. The van der Waals surface area contributed by atoms with Crippen molar-refractivity contribution in [2.45, 2.75) is 45.3 Å². The van der Waals surface area contributed by atoms with Crippen molar-refractivity contribution in [1.82, 2.24) is 9.78 Å². The summed E-state index contributed by atoms with van der Waals surface area (Å²) in [7, 11) is -1.17. The molecule has 1 heterocycles. The van der Waals surface area contributed by atoms with Gasteiger partial charge < -0.3 is 9.47 Å². The molecule has 0 spiro atoms. The standard InChI is InChI=1S/C14H22N4O4Si/c1-23(2,3)7-6-21-11-17-8-12(18(19)20)13(16-17)22-10-14(9-15)4-5-14/h8H,4-7,10-11H2,1-3H3. The van der Waals surface area contributed by atoms with E-state index < -0.39 is 18.4 Å². The molecule has 9 heteroatoms. The lowest BCUT2D eigenvalue weighted by atomic mass is 10.1. The van der Waals surface area contributed by atoms with Crippen LogP contribution >= 0.6 is 0 Å². The van der Waals surface area contributed by atoms with E-state index in [4.69, 9.17) is 14.7 Å². The van der Waals surface area contributed by atoms with Gasteiger partial charge in [-0.3, -0.25) is 10.1 Å². The molecule has 8 nitrogen and oxygen atoms in total. The maximum absolute atomic E-state index is 11.1. The number of hydrogen-bond donors (Lipinski definition) is 0. The van der Waals surface area contributed by atoms with Crippen molar-refractivity contribution in [2.24, 2.45) is 5.41 Å². The Bertz CT molecular complexity index is 613. The number of aromatic nitrogens is 2. The first-order chi connectivity index (χ1) is 10.7. The lowest BCUT2D eigenvalue weighted by Crippen LogP contribution is -2.22. The van der Waals surface area contributed by atoms with Crippen LogP contribution in [0.2, 0.25) is 25.7 Å². The summed E-state index contributed by atoms with van der Waals surface area (Å²) in [5, 5.41) is 24.2. The number of hydrogen-bond acceptors (Lipinski definition) is 6. The largest absolute Gasteiger partial charge is 0.470 e. The Hall–Kier alpha value is -1.92. The van der Waals surface area contributed by atoms with Gasteiger partial charge in [0.25, 0.3) is 0 Å². The van der Waals surface area contributed by atoms with E-state index in [2.05, 4.69) is 30.8 Å². The fraction of sp³-hybridized carbons (Fsp3) is 0.714. The van der Waals surface area contributed by atoms with Gasteiger partial charge in [0.1, 0.15) is 19.5 Å². The molecule has 1 aromatic heterocycles. The fourth-order valence-electron chi connectivity index (χ4n) is 1.87. The molecule has 1 fully saturated rings. The Balaban J connectivity index is 1.92. The predicted molar refractivity (Wildman–Crippen MR) is 85.8 cm³/mol. The van der Waals surface area contributed by atoms with E-state index >= 15 is 0 Å². The Labute approximate surface area is 136 Å². The van der Waals surface area contributed by atoms with Crippen LogP contribution in [-0.2, 0) is 11.5 Å². The van der Waals surface area contributed by atoms with Crippen LogP contribution in [0.15, 0.2) is 6.20 Å². The number of nitriles is 1. The van der Waals surface area contributed by atoms with Crippen molar-refractivity contribution in [3.05, 3.63) is 16.3 Å². The maximum Gasteiger partial charge on any atom is 0.350 e. The van der Waals surface area contributed by atoms with Crippen molar-refractivity contribution in [2.75, 3.05) is 13.2 Å². The molecule has 2 rings (SSSR count). The zero-order valence-corrected chi connectivity index (χ0v) is 14.7. The Morgan fingerprint density at radius 2 is 2.22 bits per heavy atom. The highest BCUT2D eigenvalue weighted by molar-refractivity contribution is 6.76. The summed E-state index contributed by atoms with van der Waals surface area (Å²) in [6.45, 7) is 7.66. The Morgan fingerprint density at radius 1 is 1.52 bits per heavy atom. The maximum atomic E-state index is 11.1. The lowest BCUT2D eigenvalue weighted by Gasteiger charge is -2.15. The van der Waals surface area contributed by atoms with E-state index in [0.717, 1.165) is 18.9 Å². The van der Waals surface area contributed by atoms with Gasteiger partial charge in [-0.05, 0) is 18.9 Å². The fourth-order valence-corrected chi connectivity index (χ4v) is 2.63. The summed E-state index contributed by atoms with van der Waals surface area (Å²) in [5.74, 6) is -0.0506. The van der Waals surface area contributed by atoms with E-state index in [1.54, 1.807) is 0 Å². The average molecular weight is 338 g/mol. The minimum absolute atomic E-state index is 0.0506. The number of nitrogens with zero attached hydrogens (tertiary/aromatic N) is 4. The number of ether oxygens (including phenoxy) is 2. The van der Waals surface area contributed by atoms with Crippen LogP contribution in [0.5, 0.6) is 5.88 Å². The summed E-state index contributed by atoms with van der Waals surface area (Å²) in [6.07, 6.45) is 2.82. The molecule has 0 bridgehead atoms. The molecule has 0 amide bonds. The SMILES string of the molecule is C[Si](C)(C)CCOCn1cc([N+](=O)[O-])c(OCC2(C#N)CC2)n1. The lowest BCUT2D eigenvalue weighted by molar-refractivity contribution is -0.386. The molecule has 0 N–H and O–H groups in total. The zero-order valence-electron chi connectivity index (χ0n) is 13.7. The second-order valence-electron chi connectivity index (χ2n) is 7.14. The van der Waals surface area contributed by atoms with Gasteiger partial charge in [-0.2, -0.15) is 5.26 Å². The normalized spacial score (nSPS) is 15.9. The van der Waals surface area contributed by atoms with Crippen LogP contribution in [0.3, 0.4) is 0 Å². The average Bonchev–Trinajstić information content (AvgIpc) is 3.13. The van der Waals surface area contributed by atoms with Crippen LogP contribution in [0.1, 0.15) is 12.8 Å². The molecule has 126 valence electrons. The molecule has 1 aliphatic carbocycles. The highest BCUT2D eigenvalue weighted by Crippen LogP contribution is 2.45. The van der Waals surface area contributed by atoms with Crippen LogP contribution in [0.4, 0.5) is 5.69 Å². The second-order valence-corrected chi connectivity index (χ2v) is 12.8. The number of rotatable bonds is 9. The summed E-state index contributed by atoms with van der Waals surface area (Å²) in [4.78, 5) is 10.5. The van der Waals surface area contributed by atoms with Gasteiger partial charge in [0, 0.05) is 14.7 Å². The van der Waals surface area contributed by atoms with Gasteiger partial charge in [0.2, 0.25) is 0 Å². The van der Waals surface area contributed by atoms with Gasteiger partial charge in [-0.25, -0.2) is 4.68 Å². The zero-order chi connectivity index (χ0) is 17.1. The molecular weight excluding hydrogens is 316 g/mol. The van der Waals surface area contributed by atoms with Gasteiger partial charge in [-0.1, -0.05) is 19.6 Å². The summed E-state index contributed by atoms with van der Waals surface area (Å²) in [5.41, 5.74) is -0.696. The van der Waals surface area contributed by atoms with Gasteiger partial charge in [0.15, 0.2) is 0 Å². The van der Waals surface area contributed by atoms with Crippen molar-refractivity contribution in [1.29, 1.82) is 5.26 Å². The minimum atomic E-state index is -1.17. The molecular formula is C14H22N4O4Si. The van der Waals surface area contributed by atoms with Crippen molar-refractivity contribution >= 4 is 13.8 Å².